The second kappa shape index (κ2) is 7.06. The Kier molecular flexibility index (Phi) is 4.85. The van der Waals surface area contributed by atoms with Crippen LogP contribution in [-0.2, 0) is 17.4 Å². The van der Waals surface area contributed by atoms with Gasteiger partial charge in [-0.3, -0.25) is 4.79 Å². The quantitative estimate of drug-likeness (QED) is 0.485. The molecule has 0 amide bonds. The first-order valence-electron chi connectivity index (χ1n) is 7.29. The Morgan fingerprint density at radius 1 is 1.04 bits per heavy atom. The number of rotatable bonds is 4. The van der Waals surface area contributed by atoms with Crippen molar-refractivity contribution in [2.75, 3.05) is 0 Å². The molecule has 3 rings (SSSR count). The molecule has 1 heterocycles. The van der Waals surface area contributed by atoms with Crippen molar-refractivity contribution in [1.29, 1.82) is 0 Å². The summed E-state index contributed by atoms with van der Waals surface area (Å²) in [4.78, 5) is 16.2. The fourth-order valence-corrected chi connectivity index (χ4v) is 2.95. The summed E-state index contributed by atoms with van der Waals surface area (Å²) in [7, 11) is 0. The molecule has 2 aromatic carbocycles. The predicted molar refractivity (Wildman–Crippen MR) is 88.3 cm³/mol. The normalized spacial score (nSPS) is 11.3. The van der Waals surface area contributed by atoms with Gasteiger partial charge in [-0.2, -0.15) is 13.2 Å². The third-order valence-corrected chi connectivity index (χ3v) is 4.25. The van der Waals surface area contributed by atoms with E-state index in [2.05, 4.69) is 4.98 Å². The molecule has 7 heteroatoms. The number of carbonyl (C=O) groups excluding carboxylic acids is 1. The molecule has 0 unspecified atom stereocenters. The van der Waals surface area contributed by atoms with E-state index in [-0.39, 0.29) is 6.42 Å². The van der Waals surface area contributed by atoms with E-state index >= 15 is 0 Å². The third-order valence-electron chi connectivity index (χ3n) is 3.31. The molecule has 0 aliphatic carbocycles. The molecule has 3 nitrogen and oxygen atoms in total. The van der Waals surface area contributed by atoms with E-state index in [1.54, 1.807) is 29.6 Å². The minimum Gasteiger partial charge on any atom is -0.426 e. The van der Waals surface area contributed by atoms with E-state index < -0.39 is 17.7 Å². The highest BCUT2D eigenvalue weighted by molar-refractivity contribution is 7.13. The van der Waals surface area contributed by atoms with Gasteiger partial charge in [-0.25, -0.2) is 4.98 Å². The third kappa shape index (κ3) is 4.45. The van der Waals surface area contributed by atoms with Crippen molar-refractivity contribution in [1.82, 2.24) is 4.98 Å². The highest BCUT2D eigenvalue weighted by Crippen LogP contribution is 2.31. The van der Waals surface area contributed by atoms with Crippen LogP contribution in [0.5, 0.6) is 5.75 Å². The summed E-state index contributed by atoms with van der Waals surface area (Å²) in [6.45, 7) is 0. The lowest BCUT2D eigenvalue weighted by Gasteiger charge is -2.06. The number of benzene rings is 2. The summed E-state index contributed by atoms with van der Waals surface area (Å²) in [5.41, 5.74) is 0.376. The Hall–Kier alpha value is -2.67. The lowest BCUT2D eigenvalue weighted by Crippen LogP contribution is -2.11. The van der Waals surface area contributed by atoms with Crippen LogP contribution in [0.25, 0.3) is 10.6 Å². The number of hydrogen-bond donors (Lipinski definition) is 0. The van der Waals surface area contributed by atoms with Gasteiger partial charge in [0.15, 0.2) is 0 Å². The van der Waals surface area contributed by atoms with Crippen molar-refractivity contribution < 1.29 is 22.7 Å². The second-order valence-corrected chi connectivity index (χ2v) is 6.04. The van der Waals surface area contributed by atoms with Crippen molar-refractivity contribution in [3.05, 3.63) is 71.2 Å². The highest BCUT2D eigenvalue weighted by atomic mass is 32.1. The second-order valence-electron chi connectivity index (χ2n) is 5.18. The first kappa shape index (κ1) is 17.2. The number of alkyl halides is 3. The van der Waals surface area contributed by atoms with Crippen molar-refractivity contribution in [2.24, 2.45) is 0 Å². The van der Waals surface area contributed by atoms with Crippen molar-refractivity contribution in [2.45, 2.75) is 12.6 Å². The zero-order valence-electron chi connectivity index (χ0n) is 12.8. The Morgan fingerprint density at radius 2 is 1.72 bits per heavy atom. The molecule has 0 aliphatic rings. The maximum atomic E-state index is 12.6. The molecule has 0 radical (unpaired) electrons. The number of halogens is 3. The lowest BCUT2D eigenvalue weighted by atomic mass is 10.1. The fourth-order valence-electron chi connectivity index (χ4n) is 2.13. The summed E-state index contributed by atoms with van der Waals surface area (Å²) < 4.78 is 42.9. The molecule has 0 N–H and O–H groups in total. The molecule has 25 heavy (non-hydrogen) atoms. The van der Waals surface area contributed by atoms with Gasteiger partial charge >= 0.3 is 12.1 Å². The van der Waals surface area contributed by atoms with Crippen LogP contribution in [0.4, 0.5) is 13.2 Å². The molecule has 0 aliphatic heterocycles. The molecule has 0 bridgehead atoms. The predicted octanol–water partition coefficient (Wildman–Crippen LogP) is 4.98. The van der Waals surface area contributed by atoms with Gasteiger partial charge in [0.25, 0.3) is 0 Å². The summed E-state index contributed by atoms with van der Waals surface area (Å²) >= 11 is 1.26. The first-order chi connectivity index (χ1) is 11.9. The van der Waals surface area contributed by atoms with Gasteiger partial charge in [-0.05, 0) is 24.3 Å². The molecule has 3 aromatic rings. The van der Waals surface area contributed by atoms with Gasteiger partial charge < -0.3 is 4.74 Å². The van der Waals surface area contributed by atoms with Crippen molar-refractivity contribution >= 4 is 17.3 Å². The van der Waals surface area contributed by atoms with Crippen LogP contribution < -0.4 is 4.74 Å². The molecule has 1 aromatic heterocycles. The standard InChI is InChI=1S/C18H12F3NO2S/c19-18(20,21)13-8-6-12(7-9-13)17-22-14(11-25-17)10-16(23)24-15-4-2-1-3-5-15/h1-9,11H,10H2. The van der Waals surface area contributed by atoms with E-state index in [0.717, 1.165) is 12.1 Å². The number of aromatic nitrogens is 1. The average molecular weight is 363 g/mol. The first-order valence-corrected chi connectivity index (χ1v) is 8.17. The number of nitrogens with zero attached hydrogens (tertiary/aromatic N) is 1. The van der Waals surface area contributed by atoms with Crippen LogP contribution in [0.15, 0.2) is 60.0 Å². The number of esters is 1. The molecular formula is C18H12F3NO2S. The monoisotopic (exact) mass is 363 g/mol. The summed E-state index contributed by atoms with van der Waals surface area (Å²) in [5, 5.41) is 2.25. The van der Waals surface area contributed by atoms with Crippen LogP contribution in [0.2, 0.25) is 0 Å². The molecular weight excluding hydrogens is 351 g/mol. The van der Waals surface area contributed by atoms with Crippen LogP contribution in [0.3, 0.4) is 0 Å². The molecule has 128 valence electrons. The van der Waals surface area contributed by atoms with Gasteiger partial charge in [0.05, 0.1) is 17.7 Å². The van der Waals surface area contributed by atoms with E-state index in [1.807, 2.05) is 6.07 Å². The van der Waals surface area contributed by atoms with E-state index in [4.69, 9.17) is 4.74 Å². The van der Waals surface area contributed by atoms with E-state index in [0.29, 0.717) is 22.0 Å². The average Bonchev–Trinajstić information content (AvgIpc) is 3.03. The minimum absolute atomic E-state index is 0.00791. The SMILES string of the molecule is O=C(Cc1csc(-c2ccc(C(F)(F)F)cc2)n1)Oc1ccccc1. The zero-order chi connectivity index (χ0) is 17.9. The van der Waals surface area contributed by atoms with Crippen LogP contribution in [0.1, 0.15) is 11.3 Å². The number of para-hydroxylation sites is 1. The lowest BCUT2D eigenvalue weighted by molar-refractivity contribution is -0.137. The summed E-state index contributed by atoms with van der Waals surface area (Å²) in [5.74, 6) is 0.00108. The minimum atomic E-state index is -4.37. The molecule has 0 spiro atoms. The molecule has 0 saturated carbocycles. The topological polar surface area (TPSA) is 39.2 Å². The number of thiazole rings is 1. The Morgan fingerprint density at radius 3 is 2.36 bits per heavy atom. The number of hydrogen-bond acceptors (Lipinski definition) is 4. The van der Waals surface area contributed by atoms with Gasteiger partial charge in [0.2, 0.25) is 0 Å². The molecule has 0 atom stereocenters. The zero-order valence-corrected chi connectivity index (χ0v) is 13.6. The summed E-state index contributed by atoms with van der Waals surface area (Å²) in [6, 6.07) is 13.4. The number of ether oxygens (including phenoxy) is 1. The van der Waals surface area contributed by atoms with Crippen LogP contribution in [0, 0.1) is 0 Å². The Balaban J connectivity index is 1.67. The highest BCUT2D eigenvalue weighted by Gasteiger charge is 2.30. The van der Waals surface area contributed by atoms with E-state index in [1.165, 1.54) is 23.5 Å². The van der Waals surface area contributed by atoms with Gasteiger partial charge in [-0.1, -0.05) is 30.3 Å². The van der Waals surface area contributed by atoms with Crippen LogP contribution >= 0.6 is 11.3 Å². The van der Waals surface area contributed by atoms with Crippen LogP contribution in [-0.4, -0.2) is 11.0 Å². The Labute approximate surface area is 145 Å². The largest absolute Gasteiger partial charge is 0.426 e. The van der Waals surface area contributed by atoms with Gasteiger partial charge in [0, 0.05) is 10.9 Å². The molecule has 0 saturated heterocycles. The van der Waals surface area contributed by atoms with E-state index in [9.17, 15) is 18.0 Å². The smallest absolute Gasteiger partial charge is 0.416 e. The van der Waals surface area contributed by atoms with Crippen molar-refractivity contribution in [3.63, 3.8) is 0 Å². The van der Waals surface area contributed by atoms with Crippen molar-refractivity contribution in [3.8, 4) is 16.3 Å². The fraction of sp³-hybridized carbons (Fsp3) is 0.111. The summed E-state index contributed by atoms with van der Waals surface area (Å²) in [6.07, 6.45) is -4.38. The number of carbonyl (C=O) groups is 1. The maximum Gasteiger partial charge on any atom is 0.416 e. The molecule has 0 fully saturated rings. The van der Waals surface area contributed by atoms with Gasteiger partial charge in [-0.15, -0.1) is 11.3 Å². The Bertz CT molecular complexity index is 858. The van der Waals surface area contributed by atoms with Gasteiger partial charge in [0.1, 0.15) is 10.8 Å². The maximum absolute atomic E-state index is 12.6.